The summed E-state index contributed by atoms with van der Waals surface area (Å²) in [6.45, 7) is 6.07. The predicted octanol–water partition coefficient (Wildman–Crippen LogP) is 4.00. The highest BCUT2D eigenvalue weighted by molar-refractivity contribution is 6.31. The van der Waals surface area contributed by atoms with Crippen LogP contribution in [0.2, 0.25) is 5.02 Å². The summed E-state index contributed by atoms with van der Waals surface area (Å²) in [4.78, 5) is 10.6. The van der Waals surface area contributed by atoms with Gasteiger partial charge in [-0.05, 0) is 55.4 Å². The molecule has 0 aliphatic heterocycles. The summed E-state index contributed by atoms with van der Waals surface area (Å²) in [5, 5.41) is 9.48. The smallest absolute Gasteiger partial charge is 0.303 e. The normalized spacial score (nSPS) is 12.5. The minimum Gasteiger partial charge on any atom is -0.481 e. The van der Waals surface area contributed by atoms with Gasteiger partial charge in [-0.1, -0.05) is 24.6 Å². The fraction of sp³-hybridized carbons (Fsp3) is 0.500. The molecule has 0 saturated carbocycles. The quantitative estimate of drug-likeness (QED) is 0.862. The molecular formula is C14H19ClO2. The molecule has 0 heterocycles. The lowest BCUT2D eigenvalue weighted by molar-refractivity contribution is -0.138. The molecule has 0 aliphatic rings. The number of hydrogen-bond acceptors (Lipinski definition) is 1. The molecule has 2 nitrogen and oxygen atoms in total. The van der Waals surface area contributed by atoms with Gasteiger partial charge in [-0.15, -0.1) is 0 Å². The molecule has 1 atom stereocenters. The number of hydrogen-bond donors (Lipinski definition) is 1. The number of rotatable bonds is 5. The van der Waals surface area contributed by atoms with E-state index in [0.717, 1.165) is 23.4 Å². The Labute approximate surface area is 108 Å². The second kappa shape index (κ2) is 6.06. The van der Waals surface area contributed by atoms with Gasteiger partial charge in [-0.3, -0.25) is 4.79 Å². The molecule has 3 heteroatoms. The molecule has 0 bridgehead atoms. The molecule has 0 aromatic heterocycles. The Kier molecular flexibility index (Phi) is 5.01. The summed E-state index contributed by atoms with van der Waals surface area (Å²) >= 11 is 6.17. The first-order valence-electron chi connectivity index (χ1n) is 5.87. The van der Waals surface area contributed by atoms with Crippen LogP contribution in [0.3, 0.4) is 0 Å². The molecule has 1 aromatic carbocycles. The summed E-state index contributed by atoms with van der Waals surface area (Å²) in [6, 6.07) is 4.08. The number of benzene rings is 1. The van der Waals surface area contributed by atoms with E-state index in [1.165, 1.54) is 11.1 Å². The number of halogens is 1. The molecule has 1 N–H and O–H groups in total. The van der Waals surface area contributed by atoms with Crippen molar-refractivity contribution in [2.45, 2.75) is 40.0 Å². The number of carboxylic acids is 1. The zero-order valence-electron chi connectivity index (χ0n) is 10.6. The summed E-state index contributed by atoms with van der Waals surface area (Å²) in [5.74, 6) is -0.547. The molecule has 17 heavy (non-hydrogen) atoms. The summed E-state index contributed by atoms with van der Waals surface area (Å²) < 4.78 is 0. The third-order valence-electron chi connectivity index (χ3n) is 3.09. The highest BCUT2D eigenvalue weighted by Gasteiger charge is 2.09. The van der Waals surface area contributed by atoms with E-state index in [1.54, 1.807) is 0 Å². The van der Waals surface area contributed by atoms with Crippen LogP contribution in [0.5, 0.6) is 0 Å². The Balaban J connectivity index is 2.63. The van der Waals surface area contributed by atoms with Crippen LogP contribution in [0.4, 0.5) is 0 Å². The van der Waals surface area contributed by atoms with E-state index in [9.17, 15) is 4.79 Å². The van der Waals surface area contributed by atoms with E-state index in [4.69, 9.17) is 16.7 Å². The molecule has 0 amide bonds. The average Bonchev–Trinajstić information content (AvgIpc) is 2.20. The molecule has 1 unspecified atom stereocenters. The molecule has 1 aromatic rings. The van der Waals surface area contributed by atoms with Crippen molar-refractivity contribution in [1.82, 2.24) is 0 Å². The first-order valence-corrected chi connectivity index (χ1v) is 6.25. The zero-order valence-corrected chi connectivity index (χ0v) is 11.3. The molecule has 94 valence electrons. The minimum absolute atomic E-state index is 0.185. The van der Waals surface area contributed by atoms with Gasteiger partial charge < -0.3 is 5.11 Å². The molecule has 0 fully saturated rings. The lowest BCUT2D eigenvalue weighted by Crippen LogP contribution is -2.05. The maximum absolute atomic E-state index is 10.6. The number of aliphatic carboxylic acids is 1. The minimum atomic E-state index is -0.733. The van der Waals surface area contributed by atoms with Crippen molar-refractivity contribution in [2.75, 3.05) is 0 Å². The van der Waals surface area contributed by atoms with Crippen molar-refractivity contribution in [3.8, 4) is 0 Å². The maximum Gasteiger partial charge on any atom is 0.303 e. The standard InChI is InChI=1S/C14H19ClO2/c1-9(6-14(16)17)4-5-12-7-10(2)11(3)8-13(12)15/h7-9H,4-6H2,1-3H3,(H,16,17). The van der Waals surface area contributed by atoms with Crippen molar-refractivity contribution in [1.29, 1.82) is 0 Å². The van der Waals surface area contributed by atoms with Gasteiger partial charge in [0, 0.05) is 11.4 Å². The van der Waals surface area contributed by atoms with Gasteiger partial charge in [0.1, 0.15) is 0 Å². The van der Waals surface area contributed by atoms with Crippen LogP contribution >= 0.6 is 11.6 Å². The van der Waals surface area contributed by atoms with Crippen LogP contribution in [0.25, 0.3) is 0 Å². The fourth-order valence-electron chi connectivity index (χ4n) is 1.83. The van der Waals surface area contributed by atoms with E-state index in [1.807, 2.05) is 19.9 Å². The highest BCUT2D eigenvalue weighted by atomic mass is 35.5. The Morgan fingerprint density at radius 1 is 1.35 bits per heavy atom. The van der Waals surface area contributed by atoms with Gasteiger partial charge in [-0.2, -0.15) is 0 Å². The lowest BCUT2D eigenvalue weighted by Gasteiger charge is -2.11. The monoisotopic (exact) mass is 254 g/mol. The van der Waals surface area contributed by atoms with Crippen molar-refractivity contribution >= 4 is 17.6 Å². The second-order valence-electron chi connectivity index (χ2n) is 4.77. The molecule has 0 spiro atoms. The van der Waals surface area contributed by atoms with Crippen molar-refractivity contribution in [3.05, 3.63) is 33.8 Å². The topological polar surface area (TPSA) is 37.3 Å². The number of carboxylic acid groups (broad SMARTS) is 1. The van der Waals surface area contributed by atoms with E-state index in [0.29, 0.717) is 0 Å². The van der Waals surface area contributed by atoms with Crippen molar-refractivity contribution < 1.29 is 9.90 Å². The third-order valence-corrected chi connectivity index (χ3v) is 3.44. The van der Waals surface area contributed by atoms with Crippen molar-refractivity contribution in [3.63, 3.8) is 0 Å². The van der Waals surface area contributed by atoms with E-state index in [2.05, 4.69) is 13.0 Å². The maximum atomic E-state index is 10.6. The Hall–Kier alpha value is -1.02. The first kappa shape index (κ1) is 14.0. The second-order valence-corrected chi connectivity index (χ2v) is 5.18. The van der Waals surface area contributed by atoms with Gasteiger partial charge in [-0.25, -0.2) is 0 Å². The zero-order chi connectivity index (χ0) is 13.0. The average molecular weight is 255 g/mol. The van der Waals surface area contributed by atoms with Crippen molar-refractivity contribution in [2.24, 2.45) is 5.92 Å². The highest BCUT2D eigenvalue weighted by Crippen LogP contribution is 2.23. The van der Waals surface area contributed by atoms with Gasteiger partial charge >= 0.3 is 5.97 Å². The SMILES string of the molecule is Cc1cc(Cl)c(CCC(C)CC(=O)O)cc1C. The van der Waals surface area contributed by atoms with Crippen LogP contribution in [0, 0.1) is 19.8 Å². The van der Waals surface area contributed by atoms with Gasteiger partial charge in [0.15, 0.2) is 0 Å². The Bertz CT molecular complexity index is 413. The van der Waals surface area contributed by atoms with E-state index < -0.39 is 5.97 Å². The van der Waals surface area contributed by atoms with Gasteiger partial charge in [0.2, 0.25) is 0 Å². The van der Waals surface area contributed by atoms with E-state index in [-0.39, 0.29) is 12.3 Å². The van der Waals surface area contributed by atoms with Gasteiger partial charge in [0.25, 0.3) is 0 Å². The molecule has 0 radical (unpaired) electrons. The predicted molar refractivity (Wildman–Crippen MR) is 70.7 cm³/mol. The summed E-state index contributed by atoms with van der Waals surface area (Å²) in [7, 11) is 0. The summed E-state index contributed by atoms with van der Waals surface area (Å²) in [5.41, 5.74) is 3.54. The van der Waals surface area contributed by atoms with Crippen LogP contribution < -0.4 is 0 Å². The fourth-order valence-corrected chi connectivity index (χ4v) is 2.15. The largest absolute Gasteiger partial charge is 0.481 e. The molecule has 0 saturated heterocycles. The van der Waals surface area contributed by atoms with Crippen LogP contribution in [-0.4, -0.2) is 11.1 Å². The summed E-state index contributed by atoms with van der Waals surface area (Å²) in [6.07, 6.45) is 1.92. The van der Waals surface area contributed by atoms with Gasteiger partial charge in [0.05, 0.1) is 0 Å². The molecular weight excluding hydrogens is 236 g/mol. The van der Waals surface area contributed by atoms with Crippen LogP contribution in [0.1, 0.15) is 36.5 Å². The lowest BCUT2D eigenvalue weighted by atomic mass is 9.96. The third kappa shape index (κ3) is 4.39. The number of carbonyl (C=O) groups is 1. The van der Waals surface area contributed by atoms with E-state index >= 15 is 0 Å². The molecule has 0 aliphatic carbocycles. The Morgan fingerprint density at radius 3 is 2.53 bits per heavy atom. The molecule has 1 rings (SSSR count). The van der Waals surface area contributed by atoms with Crippen LogP contribution in [-0.2, 0) is 11.2 Å². The first-order chi connectivity index (χ1) is 7.90. The Morgan fingerprint density at radius 2 is 1.94 bits per heavy atom. The number of aryl methyl sites for hydroxylation is 3. The van der Waals surface area contributed by atoms with Crippen LogP contribution in [0.15, 0.2) is 12.1 Å².